The molecule has 1 saturated heterocycles. The molecule has 1 fully saturated rings. The first-order valence-electron chi connectivity index (χ1n) is 5.16. The van der Waals surface area contributed by atoms with E-state index in [2.05, 4.69) is 10.3 Å². The van der Waals surface area contributed by atoms with Crippen LogP contribution in [0.2, 0.25) is 0 Å². The number of ether oxygens (including phenoxy) is 1. The molecule has 0 bridgehead atoms. The molecular weight excluding hydrogens is 192 g/mol. The molecular formula is C11H14N2O2. The molecule has 1 aliphatic heterocycles. The van der Waals surface area contributed by atoms with Gasteiger partial charge in [0.2, 0.25) is 0 Å². The molecule has 0 aliphatic carbocycles. The summed E-state index contributed by atoms with van der Waals surface area (Å²) in [5.74, 6) is -0.0846. The lowest BCUT2D eigenvalue weighted by Crippen LogP contribution is -2.31. The molecule has 4 heteroatoms. The fourth-order valence-corrected chi connectivity index (χ4v) is 1.61. The van der Waals surface area contributed by atoms with E-state index in [0.29, 0.717) is 12.1 Å². The maximum Gasteiger partial charge on any atom is 0.252 e. The van der Waals surface area contributed by atoms with Gasteiger partial charge in [0, 0.05) is 25.5 Å². The molecule has 1 amide bonds. The number of aromatic nitrogens is 1. The van der Waals surface area contributed by atoms with Crippen molar-refractivity contribution in [3.05, 3.63) is 30.1 Å². The lowest BCUT2D eigenvalue weighted by molar-refractivity contribution is 0.0857. The molecule has 0 spiro atoms. The van der Waals surface area contributed by atoms with Gasteiger partial charge in [-0.05, 0) is 25.0 Å². The van der Waals surface area contributed by atoms with Crippen LogP contribution in [0.3, 0.4) is 0 Å². The van der Waals surface area contributed by atoms with Crippen LogP contribution in [0.5, 0.6) is 0 Å². The zero-order valence-electron chi connectivity index (χ0n) is 8.48. The van der Waals surface area contributed by atoms with Gasteiger partial charge in [-0.2, -0.15) is 0 Å². The molecule has 15 heavy (non-hydrogen) atoms. The maximum absolute atomic E-state index is 11.6. The van der Waals surface area contributed by atoms with Crippen molar-refractivity contribution in [2.75, 3.05) is 13.2 Å². The smallest absolute Gasteiger partial charge is 0.252 e. The number of amides is 1. The Labute approximate surface area is 88.7 Å². The average molecular weight is 206 g/mol. The van der Waals surface area contributed by atoms with E-state index in [1.165, 1.54) is 0 Å². The number of pyridine rings is 1. The number of nitrogens with one attached hydrogen (secondary N) is 1. The Morgan fingerprint density at radius 3 is 3.27 bits per heavy atom. The molecule has 0 radical (unpaired) electrons. The number of hydrogen-bond donors (Lipinski definition) is 1. The molecule has 1 aromatic rings. The van der Waals surface area contributed by atoms with Crippen molar-refractivity contribution in [2.24, 2.45) is 0 Å². The minimum atomic E-state index is -0.0846. The predicted octanol–water partition coefficient (Wildman–Crippen LogP) is 0.990. The molecule has 0 aromatic carbocycles. The van der Waals surface area contributed by atoms with Gasteiger partial charge < -0.3 is 10.1 Å². The Morgan fingerprint density at radius 2 is 2.60 bits per heavy atom. The number of hydrogen-bond acceptors (Lipinski definition) is 3. The van der Waals surface area contributed by atoms with E-state index < -0.39 is 0 Å². The normalized spacial score (nSPS) is 20.1. The fourth-order valence-electron chi connectivity index (χ4n) is 1.61. The average Bonchev–Trinajstić information content (AvgIpc) is 2.80. The van der Waals surface area contributed by atoms with Crippen LogP contribution in [-0.2, 0) is 4.74 Å². The molecule has 80 valence electrons. The van der Waals surface area contributed by atoms with Crippen LogP contribution in [-0.4, -0.2) is 30.1 Å². The number of carbonyl (C=O) groups excluding carboxylic acids is 1. The van der Waals surface area contributed by atoms with Crippen LogP contribution in [0.15, 0.2) is 24.5 Å². The summed E-state index contributed by atoms with van der Waals surface area (Å²) in [7, 11) is 0. The second kappa shape index (κ2) is 4.89. The molecule has 1 aromatic heterocycles. The Balaban J connectivity index is 1.82. The summed E-state index contributed by atoms with van der Waals surface area (Å²) in [6.45, 7) is 1.40. The minimum absolute atomic E-state index is 0.0846. The third kappa shape index (κ3) is 2.76. The van der Waals surface area contributed by atoms with Gasteiger partial charge in [-0.15, -0.1) is 0 Å². The first-order chi connectivity index (χ1) is 7.36. The second-order valence-corrected chi connectivity index (χ2v) is 3.59. The van der Waals surface area contributed by atoms with Crippen LogP contribution < -0.4 is 5.32 Å². The summed E-state index contributed by atoms with van der Waals surface area (Å²) in [5.41, 5.74) is 0.593. The summed E-state index contributed by atoms with van der Waals surface area (Å²) in [6.07, 6.45) is 5.52. The first kappa shape index (κ1) is 10.1. The third-order valence-electron chi connectivity index (χ3n) is 2.44. The highest BCUT2D eigenvalue weighted by atomic mass is 16.5. The van der Waals surface area contributed by atoms with Gasteiger partial charge in [0.15, 0.2) is 0 Å². The third-order valence-corrected chi connectivity index (χ3v) is 2.44. The lowest BCUT2D eigenvalue weighted by atomic mass is 10.2. The number of carbonyl (C=O) groups is 1. The molecule has 4 nitrogen and oxygen atoms in total. The highest BCUT2D eigenvalue weighted by Gasteiger charge is 2.16. The monoisotopic (exact) mass is 206 g/mol. The van der Waals surface area contributed by atoms with E-state index in [1.54, 1.807) is 24.5 Å². The Hall–Kier alpha value is -1.42. The predicted molar refractivity (Wildman–Crippen MR) is 55.5 cm³/mol. The standard InChI is InChI=1S/C11H14N2O2/c14-11(9-3-1-5-12-7-9)13-8-10-4-2-6-15-10/h1,3,5,7,10H,2,4,6,8H2,(H,13,14)/t10-/m1/s1. The van der Waals surface area contributed by atoms with E-state index >= 15 is 0 Å². The van der Waals surface area contributed by atoms with Crippen LogP contribution >= 0.6 is 0 Å². The zero-order chi connectivity index (χ0) is 10.5. The van der Waals surface area contributed by atoms with E-state index in [0.717, 1.165) is 19.4 Å². The molecule has 0 unspecified atom stereocenters. The largest absolute Gasteiger partial charge is 0.376 e. The number of rotatable bonds is 3. The SMILES string of the molecule is O=C(NC[C@H]1CCCO1)c1cccnc1. The topological polar surface area (TPSA) is 51.2 Å². The van der Waals surface area contributed by atoms with Gasteiger partial charge in [-0.1, -0.05) is 0 Å². The zero-order valence-corrected chi connectivity index (χ0v) is 8.48. The van der Waals surface area contributed by atoms with Gasteiger partial charge in [-0.3, -0.25) is 9.78 Å². The van der Waals surface area contributed by atoms with Gasteiger partial charge in [-0.25, -0.2) is 0 Å². The summed E-state index contributed by atoms with van der Waals surface area (Å²) >= 11 is 0. The highest BCUT2D eigenvalue weighted by molar-refractivity contribution is 5.93. The number of nitrogens with zero attached hydrogens (tertiary/aromatic N) is 1. The Kier molecular flexibility index (Phi) is 3.29. The van der Waals surface area contributed by atoms with E-state index in [4.69, 9.17) is 4.74 Å². The summed E-state index contributed by atoms with van der Waals surface area (Å²) in [6, 6.07) is 3.50. The van der Waals surface area contributed by atoms with Crippen molar-refractivity contribution in [1.82, 2.24) is 10.3 Å². The van der Waals surface area contributed by atoms with Crippen molar-refractivity contribution in [3.63, 3.8) is 0 Å². The van der Waals surface area contributed by atoms with Crippen LogP contribution in [0.4, 0.5) is 0 Å². The lowest BCUT2D eigenvalue weighted by Gasteiger charge is -2.10. The fraction of sp³-hybridized carbons (Fsp3) is 0.455. The van der Waals surface area contributed by atoms with Crippen molar-refractivity contribution < 1.29 is 9.53 Å². The molecule has 1 N–H and O–H groups in total. The van der Waals surface area contributed by atoms with Crippen molar-refractivity contribution in [1.29, 1.82) is 0 Å². The molecule has 0 saturated carbocycles. The van der Waals surface area contributed by atoms with Crippen molar-refractivity contribution >= 4 is 5.91 Å². The van der Waals surface area contributed by atoms with Crippen molar-refractivity contribution in [2.45, 2.75) is 18.9 Å². The van der Waals surface area contributed by atoms with E-state index in [-0.39, 0.29) is 12.0 Å². The van der Waals surface area contributed by atoms with E-state index in [9.17, 15) is 4.79 Å². The first-order valence-corrected chi connectivity index (χ1v) is 5.16. The minimum Gasteiger partial charge on any atom is -0.376 e. The Morgan fingerprint density at radius 1 is 1.67 bits per heavy atom. The van der Waals surface area contributed by atoms with E-state index in [1.807, 2.05) is 0 Å². The molecule has 2 heterocycles. The highest BCUT2D eigenvalue weighted by Crippen LogP contribution is 2.10. The van der Waals surface area contributed by atoms with Crippen LogP contribution in [0, 0.1) is 0 Å². The van der Waals surface area contributed by atoms with Crippen LogP contribution in [0.1, 0.15) is 23.2 Å². The second-order valence-electron chi connectivity index (χ2n) is 3.59. The van der Waals surface area contributed by atoms with Crippen molar-refractivity contribution in [3.8, 4) is 0 Å². The van der Waals surface area contributed by atoms with Crippen LogP contribution in [0.25, 0.3) is 0 Å². The van der Waals surface area contributed by atoms with Gasteiger partial charge >= 0.3 is 0 Å². The summed E-state index contributed by atoms with van der Waals surface area (Å²) < 4.78 is 5.41. The molecule has 1 aliphatic rings. The molecule has 2 rings (SSSR count). The van der Waals surface area contributed by atoms with Gasteiger partial charge in [0.05, 0.1) is 11.7 Å². The molecule has 1 atom stereocenters. The Bertz CT molecular complexity index is 321. The van der Waals surface area contributed by atoms with Gasteiger partial charge in [0.1, 0.15) is 0 Å². The quantitative estimate of drug-likeness (QED) is 0.802. The summed E-state index contributed by atoms with van der Waals surface area (Å²) in [4.78, 5) is 15.5. The summed E-state index contributed by atoms with van der Waals surface area (Å²) in [5, 5.41) is 2.84. The maximum atomic E-state index is 11.6. The van der Waals surface area contributed by atoms with Gasteiger partial charge in [0.25, 0.3) is 5.91 Å².